The summed E-state index contributed by atoms with van der Waals surface area (Å²) in [7, 11) is 3.61. The van der Waals surface area contributed by atoms with Gasteiger partial charge in [-0.05, 0) is 43.4 Å². The van der Waals surface area contributed by atoms with Gasteiger partial charge in [-0.1, -0.05) is 6.07 Å². The molecule has 1 aliphatic rings. The lowest BCUT2D eigenvalue weighted by atomic mass is 9.86. The molecule has 1 atom stereocenters. The molecule has 1 unspecified atom stereocenters. The van der Waals surface area contributed by atoms with Crippen molar-refractivity contribution in [3.63, 3.8) is 0 Å². The minimum atomic E-state index is -0.728. The van der Waals surface area contributed by atoms with Gasteiger partial charge in [0.15, 0.2) is 0 Å². The van der Waals surface area contributed by atoms with Gasteiger partial charge in [0.2, 0.25) is 0 Å². The number of aromatic nitrogens is 1. The first-order valence-electron chi connectivity index (χ1n) is 6.93. The van der Waals surface area contributed by atoms with Crippen LogP contribution < -0.4 is 4.74 Å². The average molecular weight is 273 g/mol. The summed E-state index contributed by atoms with van der Waals surface area (Å²) in [5.41, 5.74) is 4.35. The van der Waals surface area contributed by atoms with Crippen molar-refractivity contribution in [2.24, 2.45) is 7.05 Å². The van der Waals surface area contributed by atoms with E-state index in [9.17, 15) is 9.90 Å². The molecular weight excluding hydrogens is 254 g/mol. The number of nitrogens with zero attached hydrogens (tertiary/aromatic N) is 1. The highest BCUT2D eigenvalue weighted by Gasteiger charge is 2.32. The zero-order chi connectivity index (χ0) is 14.4. The van der Waals surface area contributed by atoms with E-state index >= 15 is 0 Å². The summed E-state index contributed by atoms with van der Waals surface area (Å²) in [6, 6.07) is 4.00. The van der Waals surface area contributed by atoms with Gasteiger partial charge in [0.1, 0.15) is 5.75 Å². The van der Waals surface area contributed by atoms with Crippen LogP contribution in [0.3, 0.4) is 0 Å². The number of methoxy groups -OCH3 is 1. The van der Waals surface area contributed by atoms with E-state index in [4.69, 9.17) is 4.74 Å². The fourth-order valence-electron chi connectivity index (χ4n) is 3.56. The number of rotatable bonds is 2. The quantitative estimate of drug-likeness (QED) is 0.915. The Kier molecular flexibility index (Phi) is 2.96. The largest absolute Gasteiger partial charge is 0.495 e. The van der Waals surface area contributed by atoms with Crippen LogP contribution in [0.4, 0.5) is 0 Å². The Balaban J connectivity index is 2.41. The van der Waals surface area contributed by atoms with Crippen LogP contribution in [0, 0.1) is 6.92 Å². The lowest BCUT2D eigenvalue weighted by molar-refractivity contribution is -0.139. The van der Waals surface area contributed by atoms with Gasteiger partial charge in [-0.15, -0.1) is 0 Å². The third kappa shape index (κ3) is 1.64. The maximum Gasteiger partial charge on any atom is 0.312 e. The summed E-state index contributed by atoms with van der Waals surface area (Å²) in [5, 5.41) is 10.7. The fraction of sp³-hybridized carbons (Fsp3) is 0.438. The summed E-state index contributed by atoms with van der Waals surface area (Å²) < 4.78 is 7.49. The zero-order valence-corrected chi connectivity index (χ0v) is 12.1. The number of hydrogen-bond acceptors (Lipinski definition) is 2. The molecule has 0 fully saturated rings. The lowest BCUT2D eigenvalue weighted by Crippen LogP contribution is -2.20. The van der Waals surface area contributed by atoms with Crippen molar-refractivity contribution in [3.8, 4) is 5.75 Å². The summed E-state index contributed by atoms with van der Waals surface area (Å²) >= 11 is 0. The maximum absolute atomic E-state index is 11.5. The molecule has 0 spiro atoms. The van der Waals surface area contributed by atoms with Crippen LogP contribution in [-0.4, -0.2) is 22.8 Å². The molecule has 1 aromatic heterocycles. The van der Waals surface area contributed by atoms with E-state index in [2.05, 4.69) is 6.92 Å². The molecule has 0 radical (unpaired) electrons. The van der Waals surface area contributed by atoms with Crippen LogP contribution in [0.15, 0.2) is 12.1 Å². The van der Waals surface area contributed by atoms with Crippen molar-refractivity contribution in [1.29, 1.82) is 0 Å². The van der Waals surface area contributed by atoms with E-state index in [-0.39, 0.29) is 0 Å². The van der Waals surface area contributed by atoms with Crippen molar-refractivity contribution < 1.29 is 14.6 Å². The molecular formula is C16H19NO3. The Morgan fingerprint density at radius 1 is 1.45 bits per heavy atom. The van der Waals surface area contributed by atoms with E-state index in [1.807, 2.05) is 23.7 Å². The molecule has 20 heavy (non-hydrogen) atoms. The maximum atomic E-state index is 11.5. The van der Waals surface area contributed by atoms with Crippen LogP contribution in [0.25, 0.3) is 10.9 Å². The summed E-state index contributed by atoms with van der Waals surface area (Å²) in [4.78, 5) is 11.5. The molecule has 0 amide bonds. The van der Waals surface area contributed by atoms with Crippen molar-refractivity contribution in [3.05, 3.63) is 29.0 Å². The molecule has 1 aromatic carbocycles. The van der Waals surface area contributed by atoms with E-state index in [0.717, 1.165) is 29.8 Å². The topological polar surface area (TPSA) is 51.5 Å². The van der Waals surface area contributed by atoms with Gasteiger partial charge in [-0.25, -0.2) is 0 Å². The van der Waals surface area contributed by atoms with Crippen LogP contribution in [-0.2, 0) is 18.3 Å². The van der Waals surface area contributed by atoms with E-state index < -0.39 is 11.9 Å². The van der Waals surface area contributed by atoms with Crippen molar-refractivity contribution in [1.82, 2.24) is 4.57 Å². The third-order valence-corrected chi connectivity index (χ3v) is 4.42. The molecule has 0 aliphatic heterocycles. The minimum Gasteiger partial charge on any atom is -0.495 e. The summed E-state index contributed by atoms with van der Waals surface area (Å²) in [5.74, 6) is -0.319. The molecule has 4 nitrogen and oxygen atoms in total. The molecule has 2 aromatic rings. The highest BCUT2D eigenvalue weighted by Crippen LogP contribution is 2.42. The standard InChI is InChI=1S/C16H19NO3/c1-9-7-8-12(20-3)15-13(9)10-5-4-6-11(16(18)19)14(10)17(15)2/h7-8,11H,4-6H2,1-3H3,(H,18,19). The van der Waals surface area contributed by atoms with Gasteiger partial charge in [-0.2, -0.15) is 0 Å². The predicted octanol–water partition coefficient (Wildman–Crippen LogP) is 3.00. The molecule has 1 aliphatic carbocycles. The third-order valence-electron chi connectivity index (χ3n) is 4.42. The summed E-state index contributed by atoms with van der Waals surface area (Å²) in [6.45, 7) is 2.08. The first kappa shape index (κ1) is 13.0. The van der Waals surface area contributed by atoms with Crippen molar-refractivity contribution in [2.75, 3.05) is 7.11 Å². The van der Waals surface area contributed by atoms with Crippen molar-refractivity contribution >= 4 is 16.9 Å². The molecule has 0 saturated heterocycles. The normalized spacial score (nSPS) is 18.1. The molecule has 1 N–H and O–H groups in total. The molecule has 0 saturated carbocycles. The first-order chi connectivity index (χ1) is 9.56. The second-order valence-corrected chi connectivity index (χ2v) is 5.51. The fourth-order valence-corrected chi connectivity index (χ4v) is 3.56. The monoisotopic (exact) mass is 273 g/mol. The number of fused-ring (bicyclic) bond motifs is 3. The SMILES string of the molecule is COc1ccc(C)c2c3c(n(C)c12)C(C(=O)O)CCC3. The Labute approximate surface area is 118 Å². The van der Waals surface area contributed by atoms with Gasteiger partial charge >= 0.3 is 5.97 Å². The van der Waals surface area contributed by atoms with Crippen LogP contribution in [0.5, 0.6) is 5.75 Å². The van der Waals surface area contributed by atoms with Crippen LogP contribution in [0.2, 0.25) is 0 Å². The second kappa shape index (κ2) is 4.54. The van der Waals surface area contributed by atoms with Crippen LogP contribution in [0.1, 0.15) is 35.6 Å². The molecule has 3 rings (SSSR count). The van der Waals surface area contributed by atoms with Gasteiger partial charge < -0.3 is 14.4 Å². The highest BCUT2D eigenvalue weighted by atomic mass is 16.5. The number of carboxylic acids is 1. The minimum absolute atomic E-state index is 0.403. The van der Waals surface area contributed by atoms with Gasteiger partial charge in [-0.3, -0.25) is 4.79 Å². The van der Waals surface area contributed by atoms with Gasteiger partial charge in [0.25, 0.3) is 0 Å². The Hall–Kier alpha value is -1.97. The lowest BCUT2D eigenvalue weighted by Gasteiger charge is -2.21. The Morgan fingerprint density at radius 2 is 2.20 bits per heavy atom. The number of aliphatic carboxylic acids is 1. The molecule has 1 heterocycles. The second-order valence-electron chi connectivity index (χ2n) is 5.51. The number of ether oxygens (including phenoxy) is 1. The van der Waals surface area contributed by atoms with E-state index in [1.54, 1.807) is 7.11 Å². The summed E-state index contributed by atoms with van der Waals surface area (Å²) in [6.07, 6.45) is 2.60. The average Bonchev–Trinajstić information content (AvgIpc) is 2.74. The smallest absolute Gasteiger partial charge is 0.312 e. The number of hydrogen-bond donors (Lipinski definition) is 1. The van der Waals surface area contributed by atoms with Gasteiger partial charge in [0.05, 0.1) is 18.5 Å². The number of benzene rings is 1. The predicted molar refractivity (Wildman–Crippen MR) is 77.5 cm³/mol. The molecule has 106 valence electrons. The number of carboxylic acid groups (broad SMARTS) is 1. The molecule has 0 bridgehead atoms. The number of carbonyl (C=O) groups is 1. The number of aryl methyl sites for hydroxylation is 3. The van der Waals surface area contributed by atoms with E-state index in [1.165, 1.54) is 16.5 Å². The van der Waals surface area contributed by atoms with Crippen LogP contribution >= 0.6 is 0 Å². The first-order valence-corrected chi connectivity index (χ1v) is 6.93. The van der Waals surface area contributed by atoms with E-state index in [0.29, 0.717) is 6.42 Å². The molecule has 4 heteroatoms. The zero-order valence-electron chi connectivity index (χ0n) is 12.1. The van der Waals surface area contributed by atoms with Gasteiger partial charge in [0, 0.05) is 18.1 Å². The highest BCUT2D eigenvalue weighted by molar-refractivity contribution is 5.95. The Bertz CT molecular complexity index is 700. The Morgan fingerprint density at radius 3 is 2.85 bits per heavy atom. The van der Waals surface area contributed by atoms with Crippen molar-refractivity contribution in [2.45, 2.75) is 32.1 Å².